The zero-order chi connectivity index (χ0) is 28.5. The predicted octanol–water partition coefficient (Wildman–Crippen LogP) is 7.05. The van der Waals surface area contributed by atoms with Crippen LogP contribution in [0.2, 0.25) is 5.02 Å². The molecule has 1 aliphatic heterocycles. The largest absolute Gasteiger partial charge is 0.486 e. The molecule has 39 heavy (non-hydrogen) atoms. The van der Waals surface area contributed by atoms with Crippen molar-refractivity contribution in [2.45, 2.75) is 43.9 Å². The third-order valence-electron chi connectivity index (χ3n) is 6.27. The smallest absolute Gasteiger partial charge is 0.417 e. The van der Waals surface area contributed by atoms with Gasteiger partial charge in [0, 0.05) is 17.0 Å². The fourth-order valence-electron chi connectivity index (χ4n) is 4.47. The Balaban J connectivity index is 1.80. The fourth-order valence-corrected chi connectivity index (χ4v) is 6.40. The molecule has 0 bridgehead atoms. The highest BCUT2D eigenvalue weighted by atomic mass is 35.5. The third-order valence-corrected chi connectivity index (χ3v) is 8.36. The molecular weight excluding hydrogens is 555 g/mol. The number of carbonyl (C=O) groups is 1. The Bertz CT molecular complexity index is 1550. The fraction of sp³-hybridized carbons (Fsp3) is 0.250. The number of hydrogen-bond acceptors (Lipinski definition) is 4. The molecule has 0 fully saturated rings. The monoisotopic (exact) mass is 579 g/mol. The summed E-state index contributed by atoms with van der Waals surface area (Å²) in [7, 11) is -4.08. The first-order valence-corrected chi connectivity index (χ1v) is 13.8. The molecule has 0 amide bonds. The van der Waals surface area contributed by atoms with Crippen LogP contribution < -0.4 is 9.04 Å². The summed E-state index contributed by atoms with van der Waals surface area (Å²) in [5.41, 5.74) is 0.543. The summed E-state index contributed by atoms with van der Waals surface area (Å²) in [6, 6.07) is 14.6. The number of rotatable bonds is 7. The lowest BCUT2D eigenvalue weighted by Gasteiger charge is -2.35. The van der Waals surface area contributed by atoms with Crippen LogP contribution >= 0.6 is 11.6 Å². The minimum absolute atomic E-state index is 0.0512. The van der Waals surface area contributed by atoms with Crippen molar-refractivity contribution in [1.29, 1.82) is 0 Å². The molecular formula is C28H25ClF3NO5S. The number of allylic oxidation sites excluding steroid dienone is 1. The number of aryl methyl sites for hydroxylation is 1. The molecule has 0 saturated carbocycles. The first-order valence-electron chi connectivity index (χ1n) is 11.9. The summed E-state index contributed by atoms with van der Waals surface area (Å²) in [6.07, 6.45) is -3.97. The van der Waals surface area contributed by atoms with Gasteiger partial charge in [-0.1, -0.05) is 41.9 Å². The zero-order valence-electron chi connectivity index (χ0n) is 21.0. The van der Waals surface area contributed by atoms with E-state index in [0.717, 1.165) is 15.9 Å². The molecule has 0 radical (unpaired) electrons. The normalized spacial score (nSPS) is 16.0. The van der Waals surface area contributed by atoms with Gasteiger partial charge in [0.1, 0.15) is 11.9 Å². The second-order valence-corrected chi connectivity index (χ2v) is 11.5. The number of carboxylic acids is 1. The number of alkyl halides is 3. The predicted molar refractivity (Wildman–Crippen MR) is 143 cm³/mol. The Labute approximate surface area is 229 Å². The number of hydrogen-bond donors (Lipinski definition) is 1. The van der Waals surface area contributed by atoms with E-state index >= 15 is 0 Å². The zero-order valence-corrected chi connectivity index (χ0v) is 22.6. The second kappa shape index (κ2) is 10.9. The summed E-state index contributed by atoms with van der Waals surface area (Å²) in [4.78, 5) is 11.2. The topological polar surface area (TPSA) is 83.9 Å². The Kier molecular flexibility index (Phi) is 7.99. The highest BCUT2D eigenvalue weighted by Crippen LogP contribution is 2.41. The number of carboxylic acid groups (broad SMARTS) is 1. The van der Waals surface area contributed by atoms with Crippen LogP contribution in [0.1, 0.15) is 42.0 Å². The number of anilines is 1. The molecule has 0 aliphatic carbocycles. The lowest BCUT2D eigenvalue weighted by atomic mass is 9.98. The van der Waals surface area contributed by atoms with Gasteiger partial charge in [-0.25, -0.2) is 8.42 Å². The molecule has 3 aromatic rings. The van der Waals surface area contributed by atoms with Gasteiger partial charge in [0.15, 0.2) is 0 Å². The molecule has 1 N–H and O–H groups in total. The minimum Gasteiger partial charge on any atom is -0.486 e. The summed E-state index contributed by atoms with van der Waals surface area (Å²) in [6.45, 7) is 3.12. The number of nitrogens with zero attached hydrogens (tertiary/aromatic N) is 1. The average Bonchev–Trinajstić information content (AvgIpc) is 2.86. The van der Waals surface area contributed by atoms with E-state index in [2.05, 4.69) is 0 Å². The van der Waals surface area contributed by atoms with Crippen molar-refractivity contribution < 1.29 is 36.2 Å². The third kappa shape index (κ3) is 6.23. The summed E-state index contributed by atoms with van der Waals surface area (Å²) >= 11 is 6.15. The lowest BCUT2D eigenvalue weighted by Crippen LogP contribution is -2.43. The molecule has 11 heteroatoms. The maximum Gasteiger partial charge on any atom is 0.417 e. The van der Waals surface area contributed by atoms with Crippen LogP contribution in [0.5, 0.6) is 5.75 Å². The Hall–Kier alpha value is -3.50. The molecule has 0 aromatic heterocycles. The summed E-state index contributed by atoms with van der Waals surface area (Å²) < 4.78 is 75.6. The van der Waals surface area contributed by atoms with Gasteiger partial charge in [0.2, 0.25) is 0 Å². The van der Waals surface area contributed by atoms with Gasteiger partial charge in [0.05, 0.1) is 22.7 Å². The number of sulfonamides is 1. The van der Waals surface area contributed by atoms with Crippen LogP contribution in [0.3, 0.4) is 0 Å². The molecule has 1 heterocycles. The van der Waals surface area contributed by atoms with E-state index in [-0.39, 0.29) is 51.9 Å². The molecule has 1 atom stereocenters. The van der Waals surface area contributed by atoms with Crippen LogP contribution in [0, 0.1) is 6.92 Å². The van der Waals surface area contributed by atoms with Crippen molar-refractivity contribution in [2.24, 2.45) is 0 Å². The van der Waals surface area contributed by atoms with Crippen LogP contribution in [0.25, 0.3) is 11.6 Å². The number of aliphatic carboxylic acids is 1. The van der Waals surface area contributed by atoms with E-state index in [1.807, 2.05) is 0 Å². The van der Waals surface area contributed by atoms with E-state index in [1.165, 1.54) is 49.4 Å². The van der Waals surface area contributed by atoms with Crippen LogP contribution in [0.4, 0.5) is 18.9 Å². The maximum atomic E-state index is 13.7. The first-order chi connectivity index (χ1) is 18.3. The van der Waals surface area contributed by atoms with Gasteiger partial charge in [-0.15, -0.1) is 0 Å². The molecule has 0 spiro atoms. The van der Waals surface area contributed by atoms with Gasteiger partial charge >= 0.3 is 12.1 Å². The quantitative estimate of drug-likeness (QED) is 0.303. The number of fused-ring (bicyclic) bond motifs is 1. The Morgan fingerprint density at radius 2 is 1.87 bits per heavy atom. The molecule has 0 unspecified atom stereocenters. The van der Waals surface area contributed by atoms with Crippen molar-refractivity contribution in [2.75, 3.05) is 10.8 Å². The minimum atomic E-state index is -4.62. The van der Waals surface area contributed by atoms with Crippen LogP contribution in [0.15, 0.2) is 65.6 Å². The van der Waals surface area contributed by atoms with Crippen molar-refractivity contribution in [3.05, 3.63) is 87.9 Å². The van der Waals surface area contributed by atoms with E-state index in [1.54, 1.807) is 25.1 Å². The van der Waals surface area contributed by atoms with Crippen LogP contribution in [-0.4, -0.2) is 32.1 Å². The highest BCUT2D eigenvalue weighted by molar-refractivity contribution is 7.92. The summed E-state index contributed by atoms with van der Waals surface area (Å²) in [5, 5.41) is 9.04. The average molecular weight is 580 g/mol. The van der Waals surface area contributed by atoms with Crippen molar-refractivity contribution >= 4 is 44.9 Å². The van der Waals surface area contributed by atoms with Crippen molar-refractivity contribution in [1.82, 2.24) is 0 Å². The van der Waals surface area contributed by atoms with Crippen molar-refractivity contribution in [3.8, 4) is 5.75 Å². The maximum absolute atomic E-state index is 13.7. The van der Waals surface area contributed by atoms with Gasteiger partial charge in [-0.2, -0.15) is 13.2 Å². The molecule has 206 valence electrons. The van der Waals surface area contributed by atoms with E-state index in [4.69, 9.17) is 21.4 Å². The number of halogens is 4. The number of benzene rings is 3. The van der Waals surface area contributed by atoms with Crippen LogP contribution in [-0.2, 0) is 21.0 Å². The molecule has 3 aromatic carbocycles. The Morgan fingerprint density at radius 3 is 2.54 bits per heavy atom. The highest BCUT2D eigenvalue weighted by Gasteiger charge is 2.36. The second-order valence-electron chi connectivity index (χ2n) is 9.24. The van der Waals surface area contributed by atoms with E-state index in [9.17, 15) is 26.4 Å². The number of ether oxygens (including phenoxy) is 1. The molecule has 6 nitrogen and oxygen atoms in total. The van der Waals surface area contributed by atoms with Gasteiger partial charge < -0.3 is 9.84 Å². The van der Waals surface area contributed by atoms with Crippen molar-refractivity contribution in [3.63, 3.8) is 0 Å². The molecule has 0 saturated heterocycles. The van der Waals surface area contributed by atoms with E-state index in [0.29, 0.717) is 5.56 Å². The first kappa shape index (κ1) is 28.5. The van der Waals surface area contributed by atoms with Gasteiger partial charge in [0.25, 0.3) is 10.0 Å². The van der Waals surface area contributed by atoms with Gasteiger partial charge in [-0.05, 0) is 73.4 Å². The summed E-state index contributed by atoms with van der Waals surface area (Å²) in [5.74, 6) is -0.817. The molecule has 1 aliphatic rings. The molecule has 4 rings (SSSR count). The lowest BCUT2D eigenvalue weighted by molar-refractivity contribution is -0.138. The standard InChI is InChI=1S/C28H25ClF3NO5S/c1-17-5-3-6-21(13-17)39(36,37)33-16-20(10-12-26(34)35)38-25-11-9-19(15-24(25)33)14-18(2)27-22(28(30,31)32)7-4-8-23(27)29/h3-9,11,13-15,20H,10,12,16H2,1-2H3,(H,34,35)/b18-14+/t20-/m0/s1. The Morgan fingerprint density at radius 1 is 1.15 bits per heavy atom. The van der Waals surface area contributed by atoms with Gasteiger partial charge in [-0.3, -0.25) is 9.10 Å². The van der Waals surface area contributed by atoms with E-state index < -0.39 is 33.8 Å². The SMILES string of the molecule is C/C(=C\c1ccc2c(c1)N(S(=O)(=O)c1cccc(C)c1)C[C@H](CCC(=O)O)O2)c1c(Cl)cccc1C(F)(F)F.